The summed E-state index contributed by atoms with van der Waals surface area (Å²) in [5, 5.41) is 15.2. The molecule has 0 saturated carbocycles. The summed E-state index contributed by atoms with van der Waals surface area (Å²) >= 11 is 0. The number of amidine groups is 1. The summed E-state index contributed by atoms with van der Waals surface area (Å²) in [6.07, 6.45) is 2.68. The predicted octanol–water partition coefficient (Wildman–Crippen LogP) is 1.79. The summed E-state index contributed by atoms with van der Waals surface area (Å²) in [6.45, 7) is 3.50. The molecule has 2 rings (SSSR count). The molecule has 4 N–H and O–H groups in total. The highest BCUT2D eigenvalue weighted by molar-refractivity contribution is 5.96. The first-order valence-corrected chi connectivity index (χ1v) is 8.05. The number of rotatable bonds is 9. The van der Waals surface area contributed by atoms with Gasteiger partial charge in [0.2, 0.25) is 0 Å². The Labute approximate surface area is 143 Å². The van der Waals surface area contributed by atoms with Crippen molar-refractivity contribution in [2.75, 3.05) is 20.1 Å². The molecule has 6 nitrogen and oxygen atoms in total. The van der Waals surface area contributed by atoms with Crippen LogP contribution in [-0.4, -0.2) is 41.1 Å². The zero-order valence-corrected chi connectivity index (χ0v) is 14.0. The smallest absolute Gasteiger partial charge is 0.189 e. The maximum Gasteiger partial charge on any atom is 0.189 e. The van der Waals surface area contributed by atoms with Crippen molar-refractivity contribution < 1.29 is 5.21 Å². The normalized spacial score (nSPS) is 11.8. The molecule has 0 aliphatic heterocycles. The van der Waals surface area contributed by atoms with E-state index < -0.39 is 0 Å². The Balaban J connectivity index is 1.70. The van der Waals surface area contributed by atoms with Crippen LogP contribution in [0.25, 0.3) is 0 Å². The third-order valence-electron chi connectivity index (χ3n) is 3.75. The number of nitrogens with two attached hydrogens (primary N) is 1. The molecule has 6 heteroatoms. The zero-order valence-electron chi connectivity index (χ0n) is 14.0. The standard InChI is InChI=1S/C18H25N5O/c1-23(14-15-7-3-2-4-8-15)12-6-10-20-13-16-9-5-11-21-17(16)18(19)22-24/h2-5,7-9,11,20,24H,6,10,12-14H2,1H3,(H2,19,22). The summed E-state index contributed by atoms with van der Waals surface area (Å²) in [4.78, 5) is 6.47. The first kappa shape index (κ1) is 17.9. The van der Waals surface area contributed by atoms with Crippen molar-refractivity contribution in [1.29, 1.82) is 0 Å². The lowest BCUT2D eigenvalue weighted by atomic mass is 10.2. The molecule has 0 bridgehead atoms. The molecule has 0 amide bonds. The molecule has 0 aliphatic carbocycles. The first-order chi connectivity index (χ1) is 11.7. The molecular formula is C18H25N5O. The van der Waals surface area contributed by atoms with Gasteiger partial charge in [0.25, 0.3) is 0 Å². The van der Waals surface area contributed by atoms with Crippen LogP contribution in [-0.2, 0) is 13.1 Å². The molecule has 128 valence electrons. The molecule has 1 aromatic carbocycles. The molecule has 0 unspecified atom stereocenters. The fourth-order valence-electron chi connectivity index (χ4n) is 2.53. The molecule has 1 aromatic heterocycles. The van der Waals surface area contributed by atoms with Crippen LogP contribution in [0.4, 0.5) is 0 Å². The van der Waals surface area contributed by atoms with Gasteiger partial charge in [-0.15, -0.1) is 0 Å². The predicted molar refractivity (Wildman–Crippen MR) is 95.8 cm³/mol. The third-order valence-corrected chi connectivity index (χ3v) is 3.75. The first-order valence-electron chi connectivity index (χ1n) is 8.05. The molecule has 24 heavy (non-hydrogen) atoms. The van der Waals surface area contributed by atoms with E-state index in [0.717, 1.165) is 31.6 Å². The summed E-state index contributed by atoms with van der Waals surface area (Å²) in [5.74, 6) is 0.0370. The highest BCUT2D eigenvalue weighted by atomic mass is 16.4. The molecule has 1 heterocycles. The van der Waals surface area contributed by atoms with E-state index in [4.69, 9.17) is 10.9 Å². The van der Waals surface area contributed by atoms with E-state index in [0.29, 0.717) is 12.2 Å². The molecular weight excluding hydrogens is 302 g/mol. The Morgan fingerprint density at radius 3 is 2.79 bits per heavy atom. The van der Waals surface area contributed by atoms with Crippen molar-refractivity contribution in [2.24, 2.45) is 10.9 Å². The summed E-state index contributed by atoms with van der Waals surface area (Å²) in [7, 11) is 2.13. The number of aromatic nitrogens is 1. The van der Waals surface area contributed by atoms with Crippen molar-refractivity contribution >= 4 is 5.84 Å². The minimum atomic E-state index is 0.0370. The van der Waals surface area contributed by atoms with Gasteiger partial charge >= 0.3 is 0 Å². The molecule has 0 spiro atoms. The van der Waals surface area contributed by atoms with Crippen LogP contribution in [0.1, 0.15) is 23.2 Å². The largest absolute Gasteiger partial charge is 0.409 e. The van der Waals surface area contributed by atoms with E-state index in [1.807, 2.05) is 18.2 Å². The van der Waals surface area contributed by atoms with Crippen LogP contribution in [0.15, 0.2) is 53.8 Å². The van der Waals surface area contributed by atoms with E-state index in [2.05, 4.69) is 51.7 Å². The fraction of sp³-hybridized carbons (Fsp3) is 0.333. The van der Waals surface area contributed by atoms with E-state index in [1.54, 1.807) is 6.20 Å². The molecule has 0 saturated heterocycles. The lowest BCUT2D eigenvalue weighted by Gasteiger charge is -2.17. The van der Waals surface area contributed by atoms with Crippen LogP contribution in [0.2, 0.25) is 0 Å². The second-order valence-electron chi connectivity index (χ2n) is 5.75. The number of pyridine rings is 1. The van der Waals surface area contributed by atoms with Crippen LogP contribution in [0.3, 0.4) is 0 Å². The second kappa shape index (κ2) is 9.64. The van der Waals surface area contributed by atoms with Gasteiger partial charge < -0.3 is 21.2 Å². The topological polar surface area (TPSA) is 86.8 Å². The number of hydrogen-bond acceptors (Lipinski definition) is 5. The highest BCUT2D eigenvalue weighted by Crippen LogP contribution is 2.05. The third kappa shape index (κ3) is 5.64. The molecule has 2 aromatic rings. The number of oxime groups is 1. The van der Waals surface area contributed by atoms with E-state index >= 15 is 0 Å². The minimum absolute atomic E-state index is 0.0370. The van der Waals surface area contributed by atoms with Crippen LogP contribution < -0.4 is 11.1 Å². The van der Waals surface area contributed by atoms with Crippen LogP contribution >= 0.6 is 0 Å². The van der Waals surface area contributed by atoms with Crippen molar-refractivity contribution in [1.82, 2.24) is 15.2 Å². The molecule has 0 radical (unpaired) electrons. The fourth-order valence-corrected chi connectivity index (χ4v) is 2.53. The number of benzene rings is 1. The van der Waals surface area contributed by atoms with Gasteiger partial charge in [-0.25, -0.2) is 0 Å². The number of nitrogens with zero attached hydrogens (tertiary/aromatic N) is 3. The molecule has 0 aliphatic rings. The molecule has 0 atom stereocenters. The van der Waals surface area contributed by atoms with Gasteiger partial charge in [0.15, 0.2) is 5.84 Å². The maximum absolute atomic E-state index is 8.80. The minimum Gasteiger partial charge on any atom is -0.409 e. The van der Waals surface area contributed by atoms with Gasteiger partial charge in [0, 0.05) is 19.3 Å². The van der Waals surface area contributed by atoms with Crippen LogP contribution in [0, 0.1) is 0 Å². The van der Waals surface area contributed by atoms with E-state index in [-0.39, 0.29) is 5.84 Å². The SMILES string of the molecule is CN(CCCNCc1cccnc1/C(N)=N/O)Cc1ccccc1. The Morgan fingerprint density at radius 1 is 1.25 bits per heavy atom. The monoisotopic (exact) mass is 327 g/mol. The van der Waals surface area contributed by atoms with Crippen molar-refractivity contribution in [3.05, 3.63) is 65.5 Å². The Kier molecular flexibility index (Phi) is 7.20. The van der Waals surface area contributed by atoms with Crippen molar-refractivity contribution in [3.8, 4) is 0 Å². The van der Waals surface area contributed by atoms with Gasteiger partial charge in [-0.2, -0.15) is 0 Å². The summed E-state index contributed by atoms with van der Waals surface area (Å²) in [6, 6.07) is 14.2. The summed E-state index contributed by atoms with van der Waals surface area (Å²) < 4.78 is 0. The van der Waals surface area contributed by atoms with Gasteiger partial charge in [-0.3, -0.25) is 4.98 Å². The van der Waals surface area contributed by atoms with Crippen molar-refractivity contribution in [3.63, 3.8) is 0 Å². The number of nitrogens with one attached hydrogen (secondary N) is 1. The zero-order chi connectivity index (χ0) is 17.2. The lowest BCUT2D eigenvalue weighted by molar-refractivity contribution is 0.318. The van der Waals surface area contributed by atoms with Crippen molar-refractivity contribution in [2.45, 2.75) is 19.5 Å². The van der Waals surface area contributed by atoms with Crippen LogP contribution in [0.5, 0.6) is 0 Å². The Morgan fingerprint density at radius 2 is 2.04 bits per heavy atom. The average molecular weight is 327 g/mol. The van der Waals surface area contributed by atoms with Gasteiger partial charge in [-0.05, 0) is 43.8 Å². The Hall–Kier alpha value is -2.44. The van der Waals surface area contributed by atoms with Gasteiger partial charge in [0.05, 0.1) is 0 Å². The van der Waals surface area contributed by atoms with Gasteiger partial charge in [0.1, 0.15) is 5.69 Å². The second-order valence-corrected chi connectivity index (χ2v) is 5.75. The Bertz CT molecular complexity index is 645. The highest BCUT2D eigenvalue weighted by Gasteiger charge is 2.07. The maximum atomic E-state index is 8.80. The lowest BCUT2D eigenvalue weighted by Crippen LogP contribution is -2.25. The van der Waals surface area contributed by atoms with E-state index in [1.165, 1.54) is 5.56 Å². The average Bonchev–Trinajstić information content (AvgIpc) is 2.62. The summed E-state index contributed by atoms with van der Waals surface area (Å²) in [5.41, 5.74) is 8.41. The molecule has 0 fully saturated rings. The van der Waals surface area contributed by atoms with E-state index in [9.17, 15) is 0 Å². The quantitative estimate of drug-likeness (QED) is 0.215. The van der Waals surface area contributed by atoms with Gasteiger partial charge in [-0.1, -0.05) is 41.6 Å². The number of hydrogen-bond donors (Lipinski definition) is 3.